The van der Waals surface area contributed by atoms with Crippen LogP contribution in [0.3, 0.4) is 0 Å². The lowest BCUT2D eigenvalue weighted by molar-refractivity contribution is 0.0477. The molecule has 0 unspecified atom stereocenters. The minimum absolute atomic E-state index is 0.201. The van der Waals surface area contributed by atoms with Gasteiger partial charge in [-0.1, -0.05) is 15.9 Å². The molecule has 4 heteroatoms. The molecule has 1 aliphatic rings. The molecular weight excluding hydrogens is 261 g/mol. The predicted octanol–water partition coefficient (Wildman–Crippen LogP) is 2.01. The molecule has 0 amide bonds. The summed E-state index contributed by atoms with van der Waals surface area (Å²) in [6.45, 7) is 2.80. The molecule has 1 saturated heterocycles. The zero-order chi connectivity index (χ0) is 10.8. The van der Waals surface area contributed by atoms with Gasteiger partial charge in [0.1, 0.15) is 5.82 Å². The van der Waals surface area contributed by atoms with E-state index >= 15 is 0 Å². The Bertz CT molecular complexity index is 352. The first-order valence-corrected chi connectivity index (χ1v) is 5.75. The minimum atomic E-state index is -0.201. The largest absolute Gasteiger partial charge is 0.396 e. The molecule has 0 aromatic heterocycles. The van der Waals surface area contributed by atoms with Gasteiger partial charge in [0.05, 0.1) is 0 Å². The van der Waals surface area contributed by atoms with Crippen molar-refractivity contribution in [2.45, 2.75) is 6.54 Å². The summed E-state index contributed by atoms with van der Waals surface area (Å²) in [6, 6.07) is 4.73. The molecule has 0 saturated carbocycles. The van der Waals surface area contributed by atoms with Crippen LogP contribution in [0.15, 0.2) is 22.7 Å². The summed E-state index contributed by atoms with van der Waals surface area (Å²) in [6.07, 6.45) is 0. The van der Waals surface area contributed by atoms with E-state index in [1.165, 1.54) is 6.07 Å². The fourth-order valence-corrected chi connectivity index (χ4v) is 2.20. The number of likely N-dealkylation sites (tertiary alicyclic amines) is 1. The fraction of sp³-hybridized carbons (Fsp3) is 0.455. The SMILES string of the molecule is OCC1CN(Cc2cc(F)ccc2Br)C1. The third-order valence-corrected chi connectivity index (χ3v) is 3.47. The second-order valence-corrected chi connectivity index (χ2v) is 4.83. The topological polar surface area (TPSA) is 23.5 Å². The van der Waals surface area contributed by atoms with Crippen LogP contribution in [-0.2, 0) is 6.54 Å². The Morgan fingerprint density at radius 3 is 2.87 bits per heavy atom. The molecule has 2 nitrogen and oxygen atoms in total. The molecule has 1 aromatic carbocycles. The van der Waals surface area contributed by atoms with Crippen molar-refractivity contribution < 1.29 is 9.50 Å². The van der Waals surface area contributed by atoms with Crippen molar-refractivity contribution in [2.24, 2.45) is 5.92 Å². The summed E-state index contributed by atoms with van der Waals surface area (Å²) in [5.74, 6) is 0.199. The Morgan fingerprint density at radius 1 is 1.47 bits per heavy atom. The van der Waals surface area contributed by atoms with Crippen LogP contribution in [0.5, 0.6) is 0 Å². The highest BCUT2D eigenvalue weighted by Gasteiger charge is 2.25. The van der Waals surface area contributed by atoms with Crippen LogP contribution in [-0.4, -0.2) is 29.7 Å². The third kappa shape index (κ3) is 2.56. The number of benzene rings is 1. The maximum Gasteiger partial charge on any atom is 0.123 e. The molecule has 0 atom stereocenters. The van der Waals surface area contributed by atoms with Gasteiger partial charge in [-0.3, -0.25) is 4.90 Å². The van der Waals surface area contributed by atoms with Gasteiger partial charge in [0.15, 0.2) is 0 Å². The van der Waals surface area contributed by atoms with Gasteiger partial charge < -0.3 is 5.11 Å². The molecule has 1 N–H and O–H groups in total. The van der Waals surface area contributed by atoms with Crippen LogP contribution < -0.4 is 0 Å². The summed E-state index contributed by atoms with van der Waals surface area (Å²) in [7, 11) is 0. The second-order valence-electron chi connectivity index (χ2n) is 3.98. The Hall–Kier alpha value is -0.450. The zero-order valence-corrected chi connectivity index (χ0v) is 9.87. The van der Waals surface area contributed by atoms with Crippen molar-refractivity contribution in [1.82, 2.24) is 4.90 Å². The van der Waals surface area contributed by atoms with E-state index in [1.807, 2.05) is 0 Å². The van der Waals surface area contributed by atoms with E-state index in [2.05, 4.69) is 20.8 Å². The molecule has 1 fully saturated rings. The Balaban J connectivity index is 1.97. The quantitative estimate of drug-likeness (QED) is 0.911. The van der Waals surface area contributed by atoms with Crippen molar-refractivity contribution >= 4 is 15.9 Å². The highest BCUT2D eigenvalue weighted by Crippen LogP contribution is 2.23. The molecule has 0 aliphatic carbocycles. The van der Waals surface area contributed by atoms with E-state index in [0.717, 1.165) is 29.7 Å². The summed E-state index contributed by atoms with van der Waals surface area (Å²) >= 11 is 3.40. The van der Waals surface area contributed by atoms with E-state index < -0.39 is 0 Å². The van der Waals surface area contributed by atoms with Gasteiger partial charge >= 0.3 is 0 Å². The summed E-state index contributed by atoms with van der Waals surface area (Å²) in [5, 5.41) is 8.87. The lowest BCUT2D eigenvalue weighted by atomic mass is 10.0. The minimum Gasteiger partial charge on any atom is -0.396 e. The van der Waals surface area contributed by atoms with Gasteiger partial charge in [-0.15, -0.1) is 0 Å². The monoisotopic (exact) mass is 273 g/mol. The number of aliphatic hydroxyl groups excluding tert-OH is 1. The average Bonchev–Trinajstić information content (AvgIpc) is 2.16. The summed E-state index contributed by atoms with van der Waals surface area (Å²) < 4.78 is 13.9. The van der Waals surface area contributed by atoms with Gasteiger partial charge in [0, 0.05) is 36.6 Å². The Kier molecular flexibility index (Phi) is 3.38. The van der Waals surface area contributed by atoms with Crippen LogP contribution in [0.4, 0.5) is 4.39 Å². The van der Waals surface area contributed by atoms with Crippen LogP contribution in [0.1, 0.15) is 5.56 Å². The zero-order valence-electron chi connectivity index (χ0n) is 8.29. The van der Waals surface area contributed by atoms with Crippen LogP contribution in [0.2, 0.25) is 0 Å². The number of hydrogen-bond acceptors (Lipinski definition) is 2. The predicted molar refractivity (Wildman–Crippen MR) is 60.0 cm³/mol. The molecule has 1 heterocycles. The number of rotatable bonds is 3. The van der Waals surface area contributed by atoms with E-state index in [4.69, 9.17) is 5.11 Å². The van der Waals surface area contributed by atoms with E-state index in [-0.39, 0.29) is 12.4 Å². The second kappa shape index (κ2) is 4.60. The van der Waals surface area contributed by atoms with Crippen molar-refractivity contribution in [3.63, 3.8) is 0 Å². The highest BCUT2D eigenvalue weighted by molar-refractivity contribution is 9.10. The van der Waals surface area contributed by atoms with Crippen molar-refractivity contribution in [2.75, 3.05) is 19.7 Å². The third-order valence-electron chi connectivity index (χ3n) is 2.69. The van der Waals surface area contributed by atoms with Gasteiger partial charge in [0.25, 0.3) is 0 Å². The van der Waals surface area contributed by atoms with Gasteiger partial charge in [0.2, 0.25) is 0 Å². The van der Waals surface area contributed by atoms with Gasteiger partial charge in [-0.05, 0) is 23.8 Å². The molecule has 15 heavy (non-hydrogen) atoms. The van der Waals surface area contributed by atoms with Crippen LogP contribution in [0.25, 0.3) is 0 Å². The molecule has 0 spiro atoms. The molecule has 0 bridgehead atoms. The first-order chi connectivity index (χ1) is 7.19. The van der Waals surface area contributed by atoms with E-state index in [1.54, 1.807) is 12.1 Å². The molecule has 82 valence electrons. The van der Waals surface area contributed by atoms with Crippen molar-refractivity contribution in [3.8, 4) is 0 Å². The summed E-state index contributed by atoms with van der Waals surface area (Å²) in [5.41, 5.74) is 0.964. The lowest BCUT2D eigenvalue weighted by Gasteiger charge is -2.38. The van der Waals surface area contributed by atoms with Crippen molar-refractivity contribution in [3.05, 3.63) is 34.1 Å². The van der Waals surface area contributed by atoms with Gasteiger partial charge in [-0.25, -0.2) is 4.39 Å². The van der Waals surface area contributed by atoms with Crippen LogP contribution >= 0.6 is 15.9 Å². The number of aliphatic hydroxyl groups is 1. The number of halogens is 2. The van der Waals surface area contributed by atoms with E-state index in [0.29, 0.717) is 5.92 Å². The highest BCUT2D eigenvalue weighted by atomic mass is 79.9. The molecule has 1 aromatic rings. The standard InChI is InChI=1S/C11H13BrFNO/c12-11-2-1-10(13)3-9(11)6-14-4-8(5-14)7-15/h1-3,8,15H,4-7H2. The smallest absolute Gasteiger partial charge is 0.123 e. The fourth-order valence-electron chi connectivity index (χ4n) is 1.83. The Labute approximate surface area is 96.8 Å². The maximum absolute atomic E-state index is 13.0. The number of nitrogens with zero attached hydrogens (tertiary/aromatic N) is 1. The first kappa shape index (κ1) is 11.0. The van der Waals surface area contributed by atoms with Crippen molar-refractivity contribution in [1.29, 1.82) is 0 Å². The first-order valence-electron chi connectivity index (χ1n) is 4.96. The number of hydrogen-bond donors (Lipinski definition) is 1. The van der Waals surface area contributed by atoms with Gasteiger partial charge in [-0.2, -0.15) is 0 Å². The molecule has 2 rings (SSSR count). The Morgan fingerprint density at radius 2 is 2.20 bits per heavy atom. The lowest BCUT2D eigenvalue weighted by Crippen LogP contribution is -2.47. The average molecular weight is 274 g/mol. The van der Waals surface area contributed by atoms with E-state index in [9.17, 15) is 4.39 Å². The van der Waals surface area contributed by atoms with Crippen LogP contribution in [0, 0.1) is 11.7 Å². The normalized spacial score (nSPS) is 17.8. The molecule has 0 radical (unpaired) electrons. The maximum atomic E-state index is 13.0. The molecular formula is C11H13BrFNO. The summed E-state index contributed by atoms with van der Waals surface area (Å²) in [4.78, 5) is 2.19. The molecule has 1 aliphatic heterocycles.